The van der Waals surface area contributed by atoms with Crippen LogP contribution in [0.25, 0.3) is 0 Å². The van der Waals surface area contributed by atoms with Crippen LogP contribution in [-0.4, -0.2) is 124 Å². The van der Waals surface area contributed by atoms with E-state index in [2.05, 4.69) is 0 Å². The molecule has 2 fully saturated rings. The minimum atomic E-state index is -1.96. The molecule has 17 atom stereocenters. The third kappa shape index (κ3) is 11.0. The second-order valence-electron chi connectivity index (χ2n) is 16.4. The van der Waals surface area contributed by atoms with Gasteiger partial charge in [-0.05, 0) is 45.1 Å². The van der Waals surface area contributed by atoms with Gasteiger partial charge in [0.25, 0.3) is 0 Å². The van der Waals surface area contributed by atoms with Crippen LogP contribution in [0, 0.1) is 35.5 Å². The SMILES string of the molecule is CO/C1=C/C(C)=C/C(C)C(O)C(C)C/C(C)=C/C=C\C(OC)C(C(C)C(O)C(C)C2(O)CC(O[C@@H]3O[C@@H](C)[C@H](O)[C@@H](O)[C@H]3O)C(C)C(C(C)C)O2)OC1=O. The Balaban J connectivity index is 1.99. The molecule has 0 aromatic heterocycles. The number of allylic oxidation sites excluding steroid dienone is 5. The molecule has 3 aliphatic heterocycles. The Morgan fingerprint density at radius 3 is 2.17 bits per heavy atom. The summed E-state index contributed by atoms with van der Waals surface area (Å²) in [7, 11) is 2.83. The van der Waals surface area contributed by atoms with E-state index in [0.717, 1.165) is 5.57 Å². The van der Waals surface area contributed by atoms with E-state index in [1.165, 1.54) is 14.2 Å². The summed E-state index contributed by atoms with van der Waals surface area (Å²) < 4.78 is 35.8. The number of esters is 1. The topological polar surface area (TPSA) is 194 Å². The van der Waals surface area contributed by atoms with Gasteiger partial charge < -0.3 is 59.1 Å². The molecule has 6 N–H and O–H groups in total. The Bertz CT molecular complexity index is 1340. The third-order valence-electron chi connectivity index (χ3n) is 11.6. The van der Waals surface area contributed by atoms with E-state index in [1.54, 1.807) is 45.9 Å². The number of aliphatic hydroxyl groups is 6. The van der Waals surface area contributed by atoms with Crippen molar-refractivity contribution in [2.45, 2.75) is 155 Å². The van der Waals surface area contributed by atoms with E-state index in [9.17, 15) is 35.4 Å². The van der Waals surface area contributed by atoms with Crippen LogP contribution >= 0.6 is 0 Å². The highest BCUT2D eigenvalue weighted by molar-refractivity contribution is 5.87. The molecule has 54 heavy (non-hydrogen) atoms. The third-order valence-corrected chi connectivity index (χ3v) is 11.6. The molecule has 3 aliphatic rings. The lowest BCUT2D eigenvalue weighted by Crippen LogP contribution is -2.62. The number of hydrogen-bond acceptors (Lipinski definition) is 13. The fourth-order valence-electron chi connectivity index (χ4n) is 7.99. The number of ether oxygens (including phenoxy) is 6. The first-order chi connectivity index (χ1) is 25.2. The molecule has 12 unspecified atom stereocenters. The Kier molecular flexibility index (Phi) is 16.9. The number of methoxy groups -OCH3 is 2. The second kappa shape index (κ2) is 19.8. The van der Waals surface area contributed by atoms with Gasteiger partial charge in [-0.2, -0.15) is 0 Å². The van der Waals surface area contributed by atoms with Crippen molar-refractivity contribution in [2.24, 2.45) is 35.5 Å². The van der Waals surface area contributed by atoms with E-state index in [1.807, 2.05) is 53.7 Å². The fraction of sp³-hybridized carbons (Fsp3) is 0.780. The molecule has 0 bridgehead atoms. The maximum Gasteiger partial charge on any atom is 0.373 e. The molecule has 13 heteroatoms. The summed E-state index contributed by atoms with van der Waals surface area (Å²) in [6.07, 6.45) is -2.21. The van der Waals surface area contributed by atoms with Gasteiger partial charge >= 0.3 is 5.97 Å². The van der Waals surface area contributed by atoms with Crippen LogP contribution in [0.1, 0.15) is 82.1 Å². The Labute approximate surface area is 321 Å². The van der Waals surface area contributed by atoms with Gasteiger partial charge in [0.1, 0.15) is 30.5 Å². The summed E-state index contributed by atoms with van der Waals surface area (Å²) in [5.74, 6) is -5.29. The van der Waals surface area contributed by atoms with Gasteiger partial charge in [-0.1, -0.05) is 83.9 Å². The highest BCUT2D eigenvalue weighted by Gasteiger charge is 2.54. The van der Waals surface area contributed by atoms with Gasteiger partial charge in [0.15, 0.2) is 12.1 Å². The van der Waals surface area contributed by atoms with Crippen LogP contribution in [0.15, 0.2) is 47.3 Å². The van der Waals surface area contributed by atoms with Crippen molar-refractivity contribution >= 4 is 5.97 Å². The van der Waals surface area contributed by atoms with Gasteiger partial charge in [-0.3, -0.25) is 0 Å². The number of hydrogen-bond donors (Lipinski definition) is 6. The quantitative estimate of drug-likeness (QED) is 0.187. The average molecular weight is 769 g/mol. The van der Waals surface area contributed by atoms with Gasteiger partial charge in [-0.15, -0.1) is 0 Å². The molecule has 13 nitrogen and oxygen atoms in total. The van der Waals surface area contributed by atoms with Crippen molar-refractivity contribution < 1.29 is 63.9 Å². The Hall–Kier alpha value is -2.17. The van der Waals surface area contributed by atoms with Crippen molar-refractivity contribution in [2.75, 3.05) is 14.2 Å². The smallest absolute Gasteiger partial charge is 0.373 e. The van der Waals surface area contributed by atoms with Gasteiger partial charge in [-0.25, -0.2) is 4.79 Å². The molecule has 3 heterocycles. The van der Waals surface area contributed by atoms with Gasteiger partial charge in [0.2, 0.25) is 5.76 Å². The molecule has 0 spiro atoms. The molecule has 3 rings (SSSR count). The van der Waals surface area contributed by atoms with Gasteiger partial charge in [0, 0.05) is 37.2 Å². The van der Waals surface area contributed by atoms with Crippen molar-refractivity contribution in [1.29, 1.82) is 0 Å². The van der Waals surface area contributed by atoms with Crippen LogP contribution in [0.3, 0.4) is 0 Å². The van der Waals surface area contributed by atoms with Crippen LogP contribution in [0.5, 0.6) is 0 Å². The number of carbonyl (C=O) groups excluding carboxylic acids is 1. The summed E-state index contributed by atoms with van der Waals surface area (Å²) in [5.41, 5.74) is 1.72. The van der Waals surface area contributed by atoms with Crippen LogP contribution in [0.4, 0.5) is 0 Å². The normalized spacial score (nSPS) is 44.4. The predicted molar refractivity (Wildman–Crippen MR) is 201 cm³/mol. The largest absolute Gasteiger partial charge is 0.490 e. The number of rotatable bonds is 9. The Morgan fingerprint density at radius 1 is 0.926 bits per heavy atom. The lowest BCUT2D eigenvalue weighted by atomic mass is 9.76. The van der Waals surface area contributed by atoms with Crippen molar-refractivity contribution in [3.8, 4) is 0 Å². The summed E-state index contributed by atoms with van der Waals surface area (Å²) in [5, 5.41) is 66.7. The lowest BCUT2D eigenvalue weighted by Gasteiger charge is -2.51. The van der Waals surface area contributed by atoms with Crippen molar-refractivity contribution in [3.05, 3.63) is 47.3 Å². The maximum atomic E-state index is 13.7. The van der Waals surface area contributed by atoms with E-state index in [0.29, 0.717) is 12.0 Å². The molecule has 310 valence electrons. The number of carbonyl (C=O) groups is 1. The van der Waals surface area contributed by atoms with Crippen molar-refractivity contribution in [1.82, 2.24) is 0 Å². The molecular weight excluding hydrogens is 700 g/mol. The summed E-state index contributed by atoms with van der Waals surface area (Å²) in [6.45, 7) is 18.4. The van der Waals surface area contributed by atoms with E-state index in [-0.39, 0.29) is 35.9 Å². The fourth-order valence-corrected chi connectivity index (χ4v) is 7.99. The first-order valence-electron chi connectivity index (χ1n) is 19.3. The Morgan fingerprint density at radius 2 is 1.57 bits per heavy atom. The van der Waals surface area contributed by atoms with Crippen LogP contribution in [0.2, 0.25) is 0 Å². The lowest BCUT2D eigenvalue weighted by molar-refractivity contribution is -0.361. The van der Waals surface area contributed by atoms with Crippen LogP contribution in [-0.2, 0) is 33.2 Å². The van der Waals surface area contributed by atoms with E-state index in [4.69, 9.17) is 28.4 Å². The first kappa shape index (κ1) is 46.2. The predicted octanol–water partition coefficient (Wildman–Crippen LogP) is 3.54. The monoisotopic (exact) mass is 768 g/mol. The first-order valence-corrected chi connectivity index (χ1v) is 19.3. The molecule has 0 aliphatic carbocycles. The van der Waals surface area contributed by atoms with E-state index >= 15 is 0 Å². The standard InChI is InChI=1S/C41H68O13/c1-20(2)37-25(7)31(52-40-36(46)35(45)34(44)28(10)51-40)19-41(48,54-37)27(9)33(43)26(8)38-29(49-11)15-13-14-21(3)16-23(5)32(42)24(6)17-22(4)18-30(50-12)39(47)53-38/h13-15,17-18,20,23-29,31-38,40,42-46,48H,16,19H2,1-12H3/b15-13-,21-14+,22-17+,30-18+/t23?,24?,25?,26?,27?,28-,29?,31?,32?,33?,34-,35+,36+,37?,38?,40-,41?/m0/s1. The van der Waals surface area contributed by atoms with Crippen molar-refractivity contribution in [3.63, 3.8) is 0 Å². The second-order valence-corrected chi connectivity index (χ2v) is 16.4. The van der Waals surface area contributed by atoms with E-state index < -0.39 is 90.9 Å². The molecule has 0 aromatic rings. The minimum absolute atomic E-state index is 0.0422. The zero-order chi connectivity index (χ0) is 40.8. The molecule has 0 radical (unpaired) electrons. The summed E-state index contributed by atoms with van der Waals surface area (Å²) in [6, 6.07) is 0. The average Bonchev–Trinajstić information content (AvgIpc) is 3.12. The minimum Gasteiger partial charge on any atom is -0.490 e. The summed E-state index contributed by atoms with van der Waals surface area (Å²) >= 11 is 0. The number of aliphatic hydroxyl groups excluding tert-OH is 5. The highest BCUT2D eigenvalue weighted by atomic mass is 16.7. The summed E-state index contributed by atoms with van der Waals surface area (Å²) in [4.78, 5) is 13.7. The number of cyclic esters (lactones) is 1. The zero-order valence-corrected chi connectivity index (χ0v) is 34.2. The molecule has 0 saturated carbocycles. The molecule has 2 saturated heterocycles. The van der Waals surface area contributed by atoms with Crippen LogP contribution < -0.4 is 0 Å². The maximum absolute atomic E-state index is 13.7. The molecule has 0 aromatic carbocycles. The molecular formula is C41H68O13. The highest BCUT2D eigenvalue weighted by Crippen LogP contribution is 2.43. The van der Waals surface area contributed by atoms with Gasteiger partial charge in [0.05, 0.1) is 37.6 Å². The molecule has 0 amide bonds. The zero-order valence-electron chi connectivity index (χ0n) is 34.2.